The van der Waals surface area contributed by atoms with Gasteiger partial charge in [0.15, 0.2) is 9.84 Å². The van der Waals surface area contributed by atoms with Gasteiger partial charge in [-0.05, 0) is 24.6 Å². The van der Waals surface area contributed by atoms with E-state index in [0.29, 0.717) is 5.56 Å². The number of phenols is 1. The van der Waals surface area contributed by atoms with Crippen LogP contribution in [-0.4, -0.2) is 30.9 Å². The molecule has 0 aliphatic heterocycles. The molecular formula is C9H10O5S. The van der Waals surface area contributed by atoms with Crippen molar-refractivity contribution in [3.05, 3.63) is 23.3 Å². The monoisotopic (exact) mass is 230 g/mol. The number of aromatic carboxylic acids is 1. The lowest BCUT2D eigenvalue weighted by Crippen LogP contribution is -2.08. The maximum Gasteiger partial charge on any atom is 0.337 e. The summed E-state index contributed by atoms with van der Waals surface area (Å²) in [6.07, 6.45) is 0.922. The molecule has 0 aromatic heterocycles. The second-order valence-corrected chi connectivity index (χ2v) is 5.20. The van der Waals surface area contributed by atoms with Gasteiger partial charge in [-0.1, -0.05) is 0 Å². The Labute approximate surface area is 86.9 Å². The average Bonchev–Trinajstić information content (AvgIpc) is 2.06. The molecule has 0 atom stereocenters. The van der Waals surface area contributed by atoms with Gasteiger partial charge in [-0.15, -0.1) is 0 Å². The molecule has 15 heavy (non-hydrogen) atoms. The number of sulfone groups is 1. The molecule has 0 heterocycles. The summed E-state index contributed by atoms with van der Waals surface area (Å²) in [7, 11) is -3.61. The number of benzene rings is 1. The number of aromatic hydroxyl groups is 1. The zero-order valence-electron chi connectivity index (χ0n) is 8.18. The number of rotatable bonds is 2. The topological polar surface area (TPSA) is 91.7 Å². The van der Waals surface area contributed by atoms with E-state index in [1.54, 1.807) is 0 Å². The number of hydrogen-bond acceptors (Lipinski definition) is 4. The van der Waals surface area contributed by atoms with Crippen LogP contribution in [0.4, 0.5) is 0 Å². The van der Waals surface area contributed by atoms with E-state index >= 15 is 0 Å². The molecule has 0 bridgehead atoms. The van der Waals surface area contributed by atoms with Gasteiger partial charge in [0, 0.05) is 6.26 Å². The summed E-state index contributed by atoms with van der Waals surface area (Å²) < 4.78 is 22.6. The van der Waals surface area contributed by atoms with Crippen molar-refractivity contribution in [3.8, 4) is 5.75 Å². The third-order valence-electron chi connectivity index (χ3n) is 1.93. The third-order valence-corrected chi connectivity index (χ3v) is 3.06. The van der Waals surface area contributed by atoms with E-state index < -0.39 is 21.4 Å². The van der Waals surface area contributed by atoms with Crippen molar-refractivity contribution in [1.29, 1.82) is 0 Å². The quantitative estimate of drug-likeness (QED) is 0.784. The lowest BCUT2D eigenvalue weighted by atomic mass is 10.1. The summed E-state index contributed by atoms with van der Waals surface area (Å²) in [5.74, 6) is -1.62. The number of hydrogen-bond donors (Lipinski definition) is 2. The van der Waals surface area contributed by atoms with Gasteiger partial charge in [0.25, 0.3) is 0 Å². The van der Waals surface area contributed by atoms with E-state index in [4.69, 9.17) is 5.11 Å². The first-order chi connectivity index (χ1) is 6.73. The van der Waals surface area contributed by atoms with Gasteiger partial charge in [-0.3, -0.25) is 0 Å². The molecule has 2 N–H and O–H groups in total. The van der Waals surface area contributed by atoms with E-state index in [1.807, 2.05) is 0 Å². The SMILES string of the molecule is Cc1cc(S(C)(=O)=O)c(C(=O)O)cc1O. The highest BCUT2D eigenvalue weighted by atomic mass is 32.2. The zero-order chi connectivity index (χ0) is 11.8. The van der Waals surface area contributed by atoms with Crippen molar-refractivity contribution in [2.24, 2.45) is 0 Å². The number of phenolic OH excluding ortho intramolecular Hbond substituents is 1. The Morgan fingerprint density at radius 3 is 2.27 bits per heavy atom. The van der Waals surface area contributed by atoms with Crippen LogP contribution in [0.3, 0.4) is 0 Å². The van der Waals surface area contributed by atoms with Gasteiger partial charge >= 0.3 is 5.97 Å². The van der Waals surface area contributed by atoms with Crippen LogP contribution in [0.5, 0.6) is 5.75 Å². The molecule has 0 amide bonds. The zero-order valence-corrected chi connectivity index (χ0v) is 9.00. The average molecular weight is 230 g/mol. The molecule has 6 heteroatoms. The summed E-state index contributed by atoms with van der Waals surface area (Å²) in [4.78, 5) is 10.5. The Balaban J connectivity index is 3.64. The second-order valence-electron chi connectivity index (χ2n) is 3.21. The molecule has 0 aliphatic carbocycles. The van der Waals surface area contributed by atoms with Crippen LogP contribution >= 0.6 is 0 Å². The van der Waals surface area contributed by atoms with Crippen LogP contribution in [0.1, 0.15) is 15.9 Å². The minimum absolute atomic E-state index is 0.236. The molecule has 0 saturated heterocycles. The largest absolute Gasteiger partial charge is 0.508 e. The van der Waals surface area contributed by atoms with Crippen LogP contribution in [0, 0.1) is 6.92 Å². The Hall–Kier alpha value is -1.56. The Morgan fingerprint density at radius 2 is 1.87 bits per heavy atom. The van der Waals surface area contributed by atoms with Gasteiger partial charge in [-0.25, -0.2) is 13.2 Å². The van der Waals surface area contributed by atoms with Crippen LogP contribution in [0.2, 0.25) is 0 Å². The molecule has 1 aromatic carbocycles. The number of carbonyl (C=O) groups is 1. The summed E-state index contributed by atoms with van der Waals surface area (Å²) in [5, 5.41) is 18.0. The van der Waals surface area contributed by atoms with Crippen molar-refractivity contribution >= 4 is 15.8 Å². The molecule has 0 spiro atoms. The third kappa shape index (κ3) is 2.27. The maximum absolute atomic E-state index is 11.3. The highest BCUT2D eigenvalue weighted by Gasteiger charge is 2.20. The Bertz CT molecular complexity index is 516. The van der Waals surface area contributed by atoms with Crippen molar-refractivity contribution in [3.63, 3.8) is 0 Å². The number of aryl methyl sites for hydroxylation is 1. The first kappa shape index (κ1) is 11.5. The van der Waals surface area contributed by atoms with Gasteiger partial charge in [-0.2, -0.15) is 0 Å². The first-order valence-corrected chi connectivity index (χ1v) is 5.89. The highest BCUT2D eigenvalue weighted by molar-refractivity contribution is 7.90. The number of carboxylic acids is 1. The maximum atomic E-state index is 11.3. The molecule has 0 unspecified atom stereocenters. The standard InChI is InChI=1S/C9H10O5S/c1-5-3-8(15(2,13)14)6(9(11)12)4-7(5)10/h3-4,10H,1-2H3,(H,11,12). The minimum Gasteiger partial charge on any atom is -0.508 e. The van der Waals surface area contributed by atoms with Crippen LogP contribution in [-0.2, 0) is 9.84 Å². The van der Waals surface area contributed by atoms with Crippen molar-refractivity contribution in [2.75, 3.05) is 6.26 Å². The molecule has 5 nitrogen and oxygen atoms in total. The van der Waals surface area contributed by atoms with E-state index in [0.717, 1.165) is 18.4 Å². The number of carboxylic acid groups (broad SMARTS) is 1. The molecule has 0 radical (unpaired) electrons. The summed E-state index contributed by atoms with van der Waals surface area (Å²) in [6.45, 7) is 1.50. The highest BCUT2D eigenvalue weighted by Crippen LogP contribution is 2.25. The molecule has 0 aliphatic rings. The summed E-state index contributed by atoms with van der Waals surface area (Å²) in [5.41, 5.74) is -0.0963. The van der Waals surface area contributed by atoms with Gasteiger partial charge in [0.1, 0.15) is 5.75 Å². The molecular weight excluding hydrogens is 220 g/mol. The fourth-order valence-corrected chi connectivity index (χ4v) is 2.08. The summed E-state index contributed by atoms with van der Waals surface area (Å²) >= 11 is 0. The Morgan fingerprint density at radius 1 is 1.33 bits per heavy atom. The lowest BCUT2D eigenvalue weighted by molar-refractivity contribution is 0.0692. The van der Waals surface area contributed by atoms with Crippen molar-refractivity contribution in [1.82, 2.24) is 0 Å². The molecule has 1 rings (SSSR count). The van der Waals surface area contributed by atoms with Gasteiger partial charge < -0.3 is 10.2 Å². The molecule has 0 saturated carbocycles. The van der Waals surface area contributed by atoms with E-state index in [1.165, 1.54) is 6.92 Å². The predicted octanol–water partition coefficient (Wildman–Crippen LogP) is 0.802. The van der Waals surface area contributed by atoms with Crippen LogP contribution < -0.4 is 0 Å². The molecule has 0 fully saturated rings. The molecule has 1 aromatic rings. The van der Waals surface area contributed by atoms with Gasteiger partial charge in [0.2, 0.25) is 0 Å². The van der Waals surface area contributed by atoms with Crippen molar-refractivity contribution in [2.45, 2.75) is 11.8 Å². The Kier molecular flexibility index (Phi) is 2.72. The van der Waals surface area contributed by atoms with Crippen LogP contribution in [0.25, 0.3) is 0 Å². The normalized spacial score (nSPS) is 11.3. The molecule has 82 valence electrons. The smallest absolute Gasteiger partial charge is 0.337 e. The van der Waals surface area contributed by atoms with E-state index in [-0.39, 0.29) is 10.6 Å². The second kappa shape index (κ2) is 3.54. The first-order valence-electron chi connectivity index (χ1n) is 4.00. The minimum atomic E-state index is -3.61. The fourth-order valence-electron chi connectivity index (χ4n) is 1.14. The summed E-state index contributed by atoms with van der Waals surface area (Å²) in [6, 6.07) is 2.09. The van der Waals surface area contributed by atoms with Crippen LogP contribution in [0.15, 0.2) is 17.0 Å². The lowest BCUT2D eigenvalue weighted by Gasteiger charge is -2.06. The van der Waals surface area contributed by atoms with E-state index in [9.17, 15) is 18.3 Å². The van der Waals surface area contributed by atoms with E-state index in [2.05, 4.69) is 0 Å². The fraction of sp³-hybridized carbons (Fsp3) is 0.222. The van der Waals surface area contributed by atoms with Gasteiger partial charge in [0.05, 0.1) is 10.5 Å². The predicted molar refractivity (Wildman–Crippen MR) is 52.9 cm³/mol. The van der Waals surface area contributed by atoms with Crippen molar-refractivity contribution < 1.29 is 23.4 Å².